The number of β-amino-alcohol motifs (C(OH)–C–C–N with tert-alkyl or cyclic N) is 1. The van der Waals surface area contributed by atoms with Crippen LogP contribution in [-0.2, 0) is 17.9 Å². The number of imidazole rings is 1. The van der Waals surface area contributed by atoms with E-state index in [1.54, 1.807) is 18.2 Å². The number of carbonyl (C=O) groups is 1. The molecule has 4 rings (SSSR count). The van der Waals surface area contributed by atoms with Crippen molar-refractivity contribution in [3.05, 3.63) is 72.1 Å². The SMILES string of the molecule is COc1ccc(CN2CCN(C(C)=O)CC(O)(COc3ccc(F)cc3)C2)cc1OCCn1ccnc1C. The van der Waals surface area contributed by atoms with Crippen molar-refractivity contribution in [3.8, 4) is 17.2 Å². The van der Waals surface area contributed by atoms with Gasteiger partial charge < -0.3 is 28.8 Å². The van der Waals surface area contributed by atoms with Crippen LogP contribution in [0.15, 0.2) is 54.9 Å². The Morgan fingerprint density at radius 3 is 2.58 bits per heavy atom. The molecule has 1 unspecified atom stereocenters. The van der Waals surface area contributed by atoms with Crippen LogP contribution in [0.5, 0.6) is 17.2 Å². The summed E-state index contributed by atoms with van der Waals surface area (Å²) < 4.78 is 32.6. The van der Waals surface area contributed by atoms with Gasteiger partial charge in [0.15, 0.2) is 11.5 Å². The molecule has 38 heavy (non-hydrogen) atoms. The minimum atomic E-state index is -1.31. The fourth-order valence-electron chi connectivity index (χ4n) is 4.57. The summed E-state index contributed by atoms with van der Waals surface area (Å²) >= 11 is 0. The van der Waals surface area contributed by atoms with Crippen LogP contribution in [-0.4, -0.2) is 82.5 Å². The lowest BCUT2D eigenvalue weighted by Crippen LogP contribution is -2.51. The van der Waals surface area contributed by atoms with Crippen molar-refractivity contribution in [2.45, 2.75) is 32.5 Å². The molecule has 2 heterocycles. The van der Waals surface area contributed by atoms with E-state index in [9.17, 15) is 14.3 Å². The number of aryl methyl sites for hydroxylation is 1. The molecule has 9 nitrogen and oxygen atoms in total. The topological polar surface area (TPSA) is 89.3 Å². The van der Waals surface area contributed by atoms with Gasteiger partial charge in [-0.15, -0.1) is 0 Å². The Balaban J connectivity index is 1.44. The zero-order chi connectivity index (χ0) is 27.1. The molecule has 1 atom stereocenters. The Bertz CT molecular complexity index is 1220. The number of carbonyl (C=O) groups excluding carboxylic acids is 1. The maximum atomic E-state index is 13.3. The van der Waals surface area contributed by atoms with E-state index < -0.39 is 5.60 Å². The predicted octanol–water partition coefficient (Wildman–Crippen LogP) is 2.89. The van der Waals surface area contributed by atoms with E-state index >= 15 is 0 Å². The van der Waals surface area contributed by atoms with Crippen LogP contribution >= 0.6 is 0 Å². The average molecular weight is 527 g/mol. The quantitative estimate of drug-likeness (QED) is 0.435. The monoisotopic (exact) mass is 526 g/mol. The highest BCUT2D eigenvalue weighted by Crippen LogP contribution is 2.29. The number of benzene rings is 2. The third-order valence-electron chi connectivity index (χ3n) is 6.60. The van der Waals surface area contributed by atoms with Gasteiger partial charge in [0.2, 0.25) is 5.91 Å². The number of amides is 1. The summed E-state index contributed by atoms with van der Waals surface area (Å²) in [6, 6.07) is 11.4. The Kier molecular flexibility index (Phi) is 8.85. The molecule has 1 aromatic heterocycles. The van der Waals surface area contributed by atoms with Crippen LogP contribution in [0.3, 0.4) is 0 Å². The van der Waals surface area contributed by atoms with Crippen molar-refractivity contribution in [3.63, 3.8) is 0 Å². The van der Waals surface area contributed by atoms with E-state index in [2.05, 4.69) is 9.88 Å². The Morgan fingerprint density at radius 1 is 1.11 bits per heavy atom. The number of hydrogen-bond donors (Lipinski definition) is 1. The van der Waals surface area contributed by atoms with Crippen LogP contribution in [0.2, 0.25) is 0 Å². The lowest BCUT2D eigenvalue weighted by Gasteiger charge is -2.32. The van der Waals surface area contributed by atoms with E-state index in [0.717, 1.165) is 11.4 Å². The molecule has 204 valence electrons. The van der Waals surface area contributed by atoms with Gasteiger partial charge in [-0.25, -0.2) is 9.37 Å². The highest BCUT2D eigenvalue weighted by atomic mass is 19.1. The van der Waals surface area contributed by atoms with Gasteiger partial charge in [-0.1, -0.05) is 6.07 Å². The lowest BCUT2D eigenvalue weighted by atomic mass is 10.0. The molecule has 1 N–H and O–H groups in total. The van der Waals surface area contributed by atoms with Gasteiger partial charge >= 0.3 is 0 Å². The van der Waals surface area contributed by atoms with Gasteiger partial charge in [-0.2, -0.15) is 0 Å². The van der Waals surface area contributed by atoms with Gasteiger partial charge in [-0.05, 0) is 48.9 Å². The third-order valence-corrected chi connectivity index (χ3v) is 6.60. The van der Waals surface area contributed by atoms with Gasteiger partial charge in [0.25, 0.3) is 0 Å². The van der Waals surface area contributed by atoms with Crippen LogP contribution in [0.25, 0.3) is 0 Å². The molecule has 0 spiro atoms. The van der Waals surface area contributed by atoms with Crippen molar-refractivity contribution in [1.82, 2.24) is 19.4 Å². The largest absolute Gasteiger partial charge is 0.493 e. The van der Waals surface area contributed by atoms with Crippen LogP contribution < -0.4 is 14.2 Å². The third kappa shape index (κ3) is 7.23. The van der Waals surface area contributed by atoms with Crippen molar-refractivity contribution < 1.29 is 28.5 Å². The number of aromatic nitrogens is 2. The van der Waals surface area contributed by atoms with Crippen LogP contribution in [0, 0.1) is 12.7 Å². The Hall–Kier alpha value is -3.63. The molecular formula is C28H35FN4O5. The van der Waals surface area contributed by atoms with Gasteiger partial charge in [0.05, 0.1) is 20.2 Å². The zero-order valence-electron chi connectivity index (χ0n) is 22.1. The van der Waals surface area contributed by atoms with E-state index in [1.165, 1.54) is 31.2 Å². The fraction of sp³-hybridized carbons (Fsp3) is 0.429. The van der Waals surface area contributed by atoms with E-state index in [1.807, 2.05) is 35.9 Å². The molecule has 1 aliphatic rings. The maximum Gasteiger partial charge on any atom is 0.219 e. The summed E-state index contributed by atoms with van der Waals surface area (Å²) in [4.78, 5) is 20.2. The van der Waals surface area contributed by atoms with Gasteiger partial charge in [-0.3, -0.25) is 9.69 Å². The fourth-order valence-corrected chi connectivity index (χ4v) is 4.57. The number of hydrogen-bond acceptors (Lipinski definition) is 7. The minimum absolute atomic E-state index is 0.0381. The highest BCUT2D eigenvalue weighted by Gasteiger charge is 2.37. The lowest BCUT2D eigenvalue weighted by molar-refractivity contribution is -0.132. The number of rotatable bonds is 10. The van der Waals surface area contributed by atoms with Crippen LogP contribution in [0.1, 0.15) is 18.3 Å². The number of aliphatic hydroxyl groups is 1. The molecule has 1 fully saturated rings. The van der Waals surface area contributed by atoms with Crippen molar-refractivity contribution in [2.75, 3.05) is 46.5 Å². The van der Waals surface area contributed by atoms with Crippen molar-refractivity contribution in [1.29, 1.82) is 0 Å². The van der Waals surface area contributed by atoms with Gasteiger partial charge in [0.1, 0.15) is 36.2 Å². The first kappa shape index (κ1) is 27.4. The summed E-state index contributed by atoms with van der Waals surface area (Å²) in [5, 5.41) is 11.5. The first-order valence-electron chi connectivity index (χ1n) is 12.6. The zero-order valence-corrected chi connectivity index (χ0v) is 22.1. The molecule has 0 bridgehead atoms. The molecular weight excluding hydrogens is 491 g/mol. The van der Waals surface area contributed by atoms with E-state index in [4.69, 9.17) is 14.2 Å². The van der Waals surface area contributed by atoms with Crippen LogP contribution in [0.4, 0.5) is 4.39 Å². The number of nitrogens with zero attached hydrogens (tertiary/aromatic N) is 4. The first-order valence-corrected chi connectivity index (χ1v) is 12.6. The molecule has 10 heteroatoms. The summed E-state index contributed by atoms with van der Waals surface area (Å²) in [6.07, 6.45) is 3.67. The molecule has 3 aromatic rings. The summed E-state index contributed by atoms with van der Waals surface area (Å²) in [5.41, 5.74) is -0.330. The average Bonchev–Trinajstić information content (AvgIpc) is 3.22. The van der Waals surface area contributed by atoms with Crippen molar-refractivity contribution >= 4 is 5.91 Å². The van der Waals surface area contributed by atoms with Gasteiger partial charge in [0, 0.05) is 45.5 Å². The highest BCUT2D eigenvalue weighted by molar-refractivity contribution is 5.73. The normalized spacial score (nSPS) is 18.2. The Labute approximate surface area is 222 Å². The number of halogens is 1. The summed E-state index contributed by atoms with van der Waals surface area (Å²) in [6.45, 7) is 6.55. The van der Waals surface area contributed by atoms with Crippen molar-refractivity contribution in [2.24, 2.45) is 0 Å². The second-order valence-corrected chi connectivity index (χ2v) is 9.62. The second-order valence-electron chi connectivity index (χ2n) is 9.62. The second kappa shape index (κ2) is 12.3. The number of methoxy groups -OCH3 is 1. The molecule has 0 aliphatic carbocycles. The molecule has 1 saturated heterocycles. The Morgan fingerprint density at radius 2 is 1.89 bits per heavy atom. The smallest absolute Gasteiger partial charge is 0.219 e. The minimum Gasteiger partial charge on any atom is -0.493 e. The van der Waals surface area contributed by atoms with E-state index in [0.29, 0.717) is 56.6 Å². The molecule has 1 aliphatic heterocycles. The first-order chi connectivity index (χ1) is 18.2. The predicted molar refractivity (Wildman–Crippen MR) is 140 cm³/mol. The maximum absolute atomic E-state index is 13.3. The standard InChI is InChI=1S/C28H35FN4O5/c1-21-30-10-11-32(21)14-15-37-27-16-23(4-9-26(27)36-3)17-31-12-13-33(22(2)34)19-28(35,18-31)20-38-25-7-5-24(29)6-8-25/h4-11,16,35H,12-15,17-20H2,1-3H3. The van der Waals surface area contributed by atoms with E-state index in [-0.39, 0.29) is 24.9 Å². The molecule has 0 saturated carbocycles. The molecule has 2 aromatic carbocycles. The summed E-state index contributed by atoms with van der Waals surface area (Å²) in [7, 11) is 1.61. The molecule has 0 radical (unpaired) electrons. The summed E-state index contributed by atoms with van der Waals surface area (Å²) in [5.74, 6) is 2.18. The number of ether oxygens (including phenoxy) is 3. The molecule has 1 amide bonds.